The van der Waals surface area contributed by atoms with Crippen molar-refractivity contribution >= 4 is 38.2 Å². The van der Waals surface area contributed by atoms with Gasteiger partial charge in [-0.15, -0.1) is 0 Å². The van der Waals surface area contributed by atoms with Crippen molar-refractivity contribution in [2.45, 2.75) is 19.0 Å². The van der Waals surface area contributed by atoms with E-state index in [-0.39, 0.29) is 27.2 Å². The molecule has 0 aliphatic carbocycles. The van der Waals surface area contributed by atoms with Crippen molar-refractivity contribution in [3.8, 4) is 5.75 Å². The van der Waals surface area contributed by atoms with Gasteiger partial charge < -0.3 is 9.30 Å². The van der Waals surface area contributed by atoms with E-state index >= 15 is 0 Å². The third-order valence-corrected chi connectivity index (χ3v) is 6.27. The molecule has 0 unspecified atom stereocenters. The van der Waals surface area contributed by atoms with Crippen molar-refractivity contribution in [3.05, 3.63) is 53.2 Å². The standard InChI is InChI=1S/C18H16ClF4N3O3S/c1-11-9-13-15(29-2)4-3-14(20)17(13)25(11)7-8-26(30(27,28)18(21,22)23)12-5-6-24-16(19)10-12/h3-6,9-10H,7-8H2,1-2H3. The van der Waals surface area contributed by atoms with Crippen molar-refractivity contribution in [2.24, 2.45) is 0 Å². The number of ether oxygens (including phenoxy) is 1. The summed E-state index contributed by atoms with van der Waals surface area (Å²) in [5.74, 6) is -0.231. The van der Waals surface area contributed by atoms with Gasteiger partial charge in [0.15, 0.2) is 0 Å². The lowest BCUT2D eigenvalue weighted by atomic mass is 10.2. The highest BCUT2D eigenvalue weighted by atomic mass is 35.5. The van der Waals surface area contributed by atoms with Crippen LogP contribution in [0.4, 0.5) is 23.2 Å². The highest BCUT2D eigenvalue weighted by molar-refractivity contribution is 7.93. The number of anilines is 1. The number of benzene rings is 1. The van der Waals surface area contributed by atoms with Crippen LogP contribution in [-0.2, 0) is 16.6 Å². The van der Waals surface area contributed by atoms with Gasteiger partial charge in [0.1, 0.15) is 16.7 Å². The topological polar surface area (TPSA) is 64.4 Å². The first-order chi connectivity index (χ1) is 14.0. The molecule has 0 radical (unpaired) electrons. The Kier molecular flexibility index (Phi) is 5.87. The van der Waals surface area contributed by atoms with Gasteiger partial charge in [0.05, 0.1) is 24.9 Å². The average Bonchev–Trinajstić information content (AvgIpc) is 2.98. The van der Waals surface area contributed by atoms with Crippen LogP contribution in [0.2, 0.25) is 5.15 Å². The van der Waals surface area contributed by atoms with E-state index in [0.29, 0.717) is 16.8 Å². The summed E-state index contributed by atoms with van der Waals surface area (Å²) in [6.45, 7) is 0.753. The molecule has 0 saturated heterocycles. The average molecular weight is 466 g/mol. The Morgan fingerprint density at radius 3 is 2.53 bits per heavy atom. The molecule has 3 rings (SSSR count). The Morgan fingerprint density at radius 2 is 1.93 bits per heavy atom. The molecule has 0 atom stereocenters. The summed E-state index contributed by atoms with van der Waals surface area (Å²) in [5.41, 5.74) is -5.22. The van der Waals surface area contributed by atoms with Crippen molar-refractivity contribution in [2.75, 3.05) is 18.0 Å². The molecule has 0 bridgehead atoms. The minimum atomic E-state index is -5.74. The Hall–Kier alpha value is -2.53. The summed E-state index contributed by atoms with van der Waals surface area (Å²) in [6.07, 6.45) is 1.09. The summed E-state index contributed by atoms with van der Waals surface area (Å²) >= 11 is 5.73. The van der Waals surface area contributed by atoms with Gasteiger partial charge in [-0.2, -0.15) is 21.6 Å². The first-order valence-corrected chi connectivity index (χ1v) is 10.3. The number of nitrogens with zero attached hydrogens (tertiary/aromatic N) is 3. The van der Waals surface area contributed by atoms with Gasteiger partial charge in [-0.1, -0.05) is 11.6 Å². The van der Waals surface area contributed by atoms with Crippen LogP contribution < -0.4 is 9.04 Å². The number of sulfonamides is 1. The quantitative estimate of drug-likeness (QED) is 0.397. The van der Waals surface area contributed by atoms with E-state index < -0.39 is 27.9 Å². The van der Waals surface area contributed by atoms with Crippen LogP contribution in [0.3, 0.4) is 0 Å². The minimum absolute atomic E-state index is 0.101. The van der Waals surface area contributed by atoms with Crippen LogP contribution >= 0.6 is 11.6 Å². The van der Waals surface area contributed by atoms with Crippen molar-refractivity contribution < 1.29 is 30.7 Å². The summed E-state index contributed by atoms with van der Waals surface area (Å²) in [4.78, 5) is 3.66. The predicted octanol–water partition coefficient (Wildman–Crippen LogP) is 4.50. The van der Waals surface area contributed by atoms with Gasteiger partial charge in [-0.05, 0) is 37.3 Å². The monoisotopic (exact) mass is 465 g/mol. The molecule has 0 N–H and O–H groups in total. The van der Waals surface area contributed by atoms with E-state index in [2.05, 4.69) is 4.98 Å². The van der Waals surface area contributed by atoms with Crippen LogP contribution in [0, 0.1) is 12.7 Å². The Balaban J connectivity index is 2.07. The van der Waals surface area contributed by atoms with Crippen LogP contribution in [0.5, 0.6) is 5.75 Å². The molecule has 12 heteroatoms. The molecule has 30 heavy (non-hydrogen) atoms. The molecule has 3 aromatic rings. The second kappa shape index (κ2) is 7.95. The third-order valence-electron chi connectivity index (χ3n) is 4.50. The van der Waals surface area contributed by atoms with Crippen LogP contribution in [0.25, 0.3) is 10.9 Å². The van der Waals surface area contributed by atoms with Crippen LogP contribution in [-0.4, -0.2) is 37.1 Å². The molecule has 0 aliphatic rings. The fraction of sp³-hybridized carbons (Fsp3) is 0.278. The molecular weight excluding hydrogens is 450 g/mol. The second-order valence-corrected chi connectivity index (χ2v) is 8.55. The van der Waals surface area contributed by atoms with Crippen molar-refractivity contribution in [1.82, 2.24) is 9.55 Å². The third kappa shape index (κ3) is 3.91. The maximum absolute atomic E-state index is 14.5. The van der Waals surface area contributed by atoms with Crippen molar-refractivity contribution in [3.63, 3.8) is 0 Å². The SMILES string of the molecule is COc1ccc(F)c2c1cc(C)n2CCN(c1ccnc(Cl)c1)S(=O)(=O)C(F)(F)F. The first kappa shape index (κ1) is 22.2. The van der Waals surface area contributed by atoms with Gasteiger partial charge in [0.25, 0.3) is 0 Å². The molecule has 0 aliphatic heterocycles. The fourth-order valence-electron chi connectivity index (χ4n) is 3.16. The van der Waals surface area contributed by atoms with E-state index in [1.807, 2.05) is 0 Å². The lowest BCUT2D eigenvalue weighted by molar-refractivity contribution is -0.0438. The number of aryl methyl sites for hydroxylation is 1. The van der Waals surface area contributed by atoms with Crippen molar-refractivity contribution in [1.29, 1.82) is 0 Å². The van der Waals surface area contributed by atoms with Crippen LogP contribution in [0.1, 0.15) is 5.69 Å². The normalized spacial score (nSPS) is 12.4. The number of hydrogen-bond acceptors (Lipinski definition) is 4. The van der Waals surface area contributed by atoms with E-state index in [1.165, 1.54) is 23.8 Å². The first-order valence-electron chi connectivity index (χ1n) is 8.50. The number of aromatic nitrogens is 2. The fourth-order valence-corrected chi connectivity index (χ4v) is 4.29. The summed E-state index contributed by atoms with van der Waals surface area (Å²) in [6, 6.07) is 6.32. The number of methoxy groups -OCH3 is 1. The molecule has 0 fully saturated rings. The van der Waals surface area contributed by atoms with Gasteiger partial charge in [0, 0.05) is 23.8 Å². The molecule has 6 nitrogen and oxygen atoms in total. The summed E-state index contributed by atoms with van der Waals surface area (Å²) in [7, 11) is -4.33. The zero-order valence-electron chi connectivity index (χ0n) is 15.7. The maximum Gasteiger partial charge on any atom is 0.516 e. The van der Waals surface area contributed by atoms with E-state index in [0.717, 1.165) is 18.3 Å². The Morgan fingerprint density at radius 1 is 1.23 bits per heavy atom. The molecule has 0 spiro atoms. The van der Waals surface area contributed by atoms with Gasteiger partial charge >= 0.3 is 15.5 Å². The van der Waals surface area contributed by atoms with E-state index in [4.69, 9.17) is 16.3 Å². The van der Waals surface area contributed by atoms with E-state index in [1.54, 1.807) is 13.0 Å². The highest BCUT2D eigenvalue weighted by Gasteiger charge is 2.50. The number of pyridine rings is 1. The molecule has 1 aromatic carbocycles. The molecular formula is C18H16ClF4N3O3S. The predicted molar refractivity (Wildman–Crippen MR) is 105 cm³/mol. The lowest BCUT2D eigenvalue weighted by Gasteiger charge is -2.26. The number of fused-ring (bicyclic) bond motifs is 1. The van der Waals surface area contributed by atoms with Gasteiger partial charge in [-0.25, -0.2) is 9.37 Å². The summed E-state index contributed by atoms with van der Waals surface area (Å²) in [5, 5.41) is 0.250. The zero-order valence-corrected chi connectivity index (χ0v) is 17.3. The number of rotatable bonds is 6. The number of hydrogen-bond donors (Lipinski definition) is 0. The molecule has 0 amide bonds. The lowest BCUT2D eigenvalue weighted by Crippen LogP contribution is -2.42. The highest BCUT2D eigenvalue weighted by Crippen LogP contribution is 2.33. The Labute approximate surface area is 174 Å². The van der Waals surface area contributed by atoms with Crippen LogP contribution in [0.15, 0.2) is 36.5 Å². The second-order valence-electron chi connectivity index (χ2n) is 6.31. The largest absolute Gasteiger partial charge is 0.516 e. The van der Waals surface area contributed by atoms with Gasteiger partial charge in [-0.3, -0.25) is 4.31 Å². The molecule has 162 valence electrons. The smallest absolute Gasteiger partial charge is 0.496 e. The van der Waals surface area contributed by atoms with Gasteiger partial charge in [0.2, 0.25) is 0 Å². The Bertz CT molecular complexity index is 1200. The van der Waals surface area contributed by atoms with E-state index in [9.17, 15) is 26.0 Å². The number of alkyl halides is 3. The minimum Gasteiger partial charge on any atom is -0.496 e. The molecule has 0 saturated carbocycles. The molecule has 2 heterocycles. The molecule has 2 aromatic heterocycles. The number of halogens is 5. The summed E-state index contributed by atoms with van der Waals surface area (Å²) < 4.78 is 85.4. The zero-order chi connectivity index (χ0) is 22.3. The maximum atomic E-state index is 14.5.